The highest BCUT2D eigenvalue weighted by Crippen LogP contribution is 2.23. The maximum atomic E-state index is 5.83. The molecule has 0 saturated heterocycles. The van der Waals surface area contributed by atoms with Crippen molar-refractivity contribution in [1.29, 1.82) is 0 Å². The largest absolute Gasteiger partial charge is 0.398 e. The molecule has 0 radical (unpaired) electrons. The lowest BCUT2D eigenvalue weighted by atomic mass is 10.0. The molecule has 2 N–H and O–H groups in total. The molecule has 2 rings (SSSR count). The molecule has 0 amide bonds. The van der Waals surface area contributed by atoms with Gasteiger partial charge in [-0.2, -0.15) is 0 Å². The molecule has 2 aromatic rings. The number of nitrogens with two attached hydrogens (primary N) is 1. The van der Waals surface area contributed by atoms with Crippen LogP contribution in [0, 0.1) is 6.92 Å². The summed E-state index contributed by atoms with van der Waals surface area (Å²) in [7, 11) is 0. The molecule has 2 aromatic carbocycles. The van der Waals surface area contributed by atoms with Crippen LogP contribution in [0.25, 0.3) is 10.8 Å². The third-order valence-corrected chi connectivity index (χ3v) is 2.18. The van der Waals surface area contributed by atoms with Gasteiger partial charge in [-0.05, 0) is 23.9 Å². The fraction of sp³-hybridized carbons (Fsp3) is 0.0909. The summed E-state index contributed by atoms with van der Waals surface area (Å²) < 4.78 is 0. The van der Waals surface area contributed by atoms with Crippen molar-refractivity contribution in [1.82, 2.24) is 0 Å². The Morgan fingerprint density at radius 2 is 1.58 bits per heavy atom. The van der Waals surface area contributed by atoms with Crippen LogP contribution in [-0.2, 0) is 0 Å². The number of rotatable bonds is 0. The highest BCUT2D eigenvalue weighted by atomic mass is 14.5. The van der Waals surface area contributed by atoms with E-state index in [2.05, 4.69) is 25.1 Å². The molecule has 12 heavy (non-hydrogen) atoms. The zero-order chi connectivity index (χ0) is 8.55. The van der Waals surface area contributed by atoms with E-state index in [0.717, 1.165) is 11.1 Å². The number of anilines is 1. The Hall–Kier alpha value is -1.50. The van der Waals surface area contributed by atoms with Crippen LogP contribution in [0.1, 0.15) is 5.56 Å². The molecule has 0 bridgehead atoms. The van der Waals surface area contributed by atoms with Crippen molar-refractivity contribution < 1.29 is 0 Å². The van der Waals surface area contributed by atoms with Gasteiger partial charge in [0, 0.05) is 11.1 Å². The molecule has 0 atom stereocenters. The summed E-state index contributed by atoms with van der Waals surface area (Å²) in [6.07, 6.45) is 0. The van der Waals surface area contributed by atoms with Gasteiger partial charge >= 0.3 is 0 Å². The van der Waals surface area contributed by atoms with Gasteiger partial charge < -0.3 is 5.73 Å². The molecule has 0 fully saturated rings. The van der Waals surface area contributed by atoms with E-state index in [1.807, 2.05) is 18.2 Å². The molecule has 0 saturated carbocycles. The lowest BCUT2D eigenvalue weighted by molar-refractivity contribution is 1.53. The van der Waals surface area contributed by atoms with Gasteiger partial charge in [0.25, 0.3) is 0 Å². The van der Waals surface area contributed by atoms with E-state index in [0.29, 0.717) is 0 Å². The van der Waals surface area contributed by atoms with Crippen molar-refractivity contribution in [2.75, 3.05) is 5.73 Å². The van der Waals surface area contributed by atoms with Crippen molar-refractivity contribution in [3.63, 3.8) is 0 Å². The number of nitrogen functional groups attached to an aromatic ring is 1. The Morgan fingerprint density at radius 3 is 2.25 bits per heavy atom. The van der Waals surface area contributed by atoms with Crippen molar-refractivity contribution in [2.45, 2.75) is 6.92 Å². The van der Waals surface area contributed by atoms with Gasteiger partial charge in [-0.15, -0.1) is 0 Å². The SMILES string of the molecule is Cc1ccc(N)c2ccccc12. The van der Waals surface area contributed by atoms with Gasteiger partial charge in [0.05, 0.1) is 0 Å². The quantitative estimate of drug-likeness (QED) is 0.584. The first-order valence-electron chi connectivity index (χ1n) is 4.03. The number of fused-ring (bicyclic) bond motifs is 1. The summed E-state index contributed by atoms with van der Waals surface area (Å²) >= 11 is 0. The first kappa shape index (κ1) is 7.17. The van der Waals surface area contributed by atoms with E-state index in [-0.39, 0.29) is 0 Å². The van der Waals surface area contributed by atoms with Crippen LogP contribution < -0.4 is 5.73 Å². The van der Waals surface area contributed by atoms with Crippen LogP contribution in [0.5, 0.6) is 0 Å². The van der Waals surface area contributed by atoms with Crippen molar-refractivity contribution in [3.8, 4) is 0 Å². The smallest absolute Gasteiger partial charge is 0.0393 e. The topological polar surface area (TPSA) is 26.0 Å². The van der Waals surface area contributed by atoms with Crippen molar-refractivity contribution in [3.05, 3.63) is 42.0 Å². The van der Waals surface area contributed by atoms with Gasteiger partial charge in [-0.25, -0.2) is 0 Å². The fourth-order valence-corrected chi connectivity index (χ4v) is 1.47. The average molecular weight is 157 g/mol. The van der Waals surface area contributed by atoms with Crippen molar-refractivity contribution in [2.24, 2.45) is 0 Å². The maximum Gasteiger partial charge on any atom is 0.0393 e. The van der Waals surface area contributed by atoms with Gasteiger partial charge in [0.1, 0.15) is 0 Å². The Kier molecular flexibility index (Phi) is 1.51. The van der Waals surface area contributed by atoms with Crippen molar-refractivity contribution >= 4 is 16.5 Å². The Labute approximate surface area is 71.8 Å². The summed E-state index contributed by atoms with van der Waals surface area (Å²) in [5.41, 5.74) is 7.96. The first-order valence-corrected chi connectivity index (χ1v) is 4.03. The molecular weight excluding hydrogens is 146 g/mol. The molecule has 60 valence electrons. The van der Waals surface area contributed by atoms with Gasteiger partial charge in [0.2, 0.25) is 0 Å². The standard InChI is InChI=1S/C11H11N/c1-8-6-7-11(12)10-5-3-2-4-9(8)10/h2-7H,12H2,1H3. The third-order valence-electron chi connectivity index (χ3n) is 2.18. The van der Waals surface area contributed by atoms with Crippen LogP contribution >= 0.6 is 0 Å². The second-order valence-corrected chi connectivity index (χ2v) is 3.02. The summed E-state index contributed by atoms with van der Waals surface area (Å²) in [6.45, 7) is 2.10. The van der Waals surface area contributed by atoms with Crippen LogP contribution in [0.15, 0.2) is 36.4 Å². The summed E-state index contributed by atoms with van der Waals surface area (Å²) in [5.74, 6) is 0. The lowest BCUT2D eigenvalue weighted by Gasteiger charge is -2.03. The van der Waals surface area contributed by atoms with E-state index >= 15 is 0 Å². The maximum absolute atomic E-state index is 5.83. The third kappa shape index (κ3) is 0.944. The molecule has 0 heterocycles. The molecule has 0 aliphatic rings. The molecular formula is C11H11N. The minimum absolute atomic E-state index is 0.858. The van der Waals surface area contributed by atoms with Gasteiger partial charge in [-0.1, -0.05) is 30.3 Å². The van der Waals surface area contributed by atoms with Crippen LogP contribution in [-0.4, -0.2) is 0 Å². The molecule has 0 aliphatic heterocycles. The highest BCUT2D eigenvalue weighted by Gasteiger charge is 1.97. The van der Waals surface area contributed by atoms with E-state index in [1.54, 1.807) is 0 Å². The highest BCUT2D eigenvalue weighted by molar-refractivity contribution is 5.94. The summed E-state index contributed by atoms with van der Waals surface area (Å²) in [5, 5.41) is 2.40. The molecule has 0 unspecified atom stereocenters. The van der Waals surface area contributed by atoms with E-state index in [4.69, 9.17) is 5.73 Å². The average Bonchev–Trinajstić information content (AvgIpc) is 2.12. The van der Waals surface area contributed by atoms with E-state index in [9.17, 15) is 0 Å². The summed E-state index contributed by atoms with van der Waals surface area (Å²) in [6, 6.07) is 12.2. The van der Waals surface area contributed by atoms with Gasteiger partial charge in [0.15, 0.2) is 0 Å². The molecule has 1 heteroatoms. The Balaban J connectivity index is 2.95. The minimum atomic E-state index is 0.858. The van der Waals surface area contributed by atoms with Crippen LogP contribution in [0.2, 0.25) is 0 Å². The van der Waals surface area contributed by atoms with E-state index < -0.39 is 0 Å². The zero-order valence-electron chi connectivity index (χ0n) is 7.04. The predicted octanol–water partition coefficient (Wildman–Crippen LogP) is 2.73. The minimum Gasteiger partial charge on any atom is -0.398 e. The monoisotopic (exact) mass is 157 g/mol. The van der Waals surface area contributed by atoms with Crippen LogP contribution in [0.3, 0.4) is 0 Å². The number of benzene rings is 2. The molecule has 0 aliphatic carbocycles. The number of hydrogen-bond donors (Lipinski definition) is 1. The van der Waals surface area contributed by atoms with E-state index in [1.165, 1.54) is 10.9 Å². The summed E-state index contributed by atoms with van der Waals surface area (Å²) in [4.78, 5) is 0. The molecule has 0 aromatic heterocycles. The number of aryl methyl sites for hydroxylation is 1. The molecule has 1 nitrogen and oxygen atoms in total. The first-order chi connectivity index (χ1) is 5.79. The second kappa shape index (κ2) is 2.52. The Morgan fingerprint density at radius 1 is 0.917 bits per heavy atom. The van der Waals surface area contributed by atoms with Crippen LogP contribution in [0.4, 0.5) is 5.69 Å². The normalized spacial score (nSPS) is 10.4. The second-order valence-electron chi connectivity index (χ2n) is 3.02. The predicted molar refractivity (Wildman–Crippen MR) is 53.1 cm³/mol. The zero-order valence-corrected chi connectivity index (χ0v) is 7.04. The lowest BCUT2D eigenvalue weighted by Crippen LogP contribution is -1.87. The Bertz CT molecular complexity index is 378. The van der Waals surface area contributed by atoms with Gasteiger partial charge in [-0.3, -0.25) is 0 Å². The fourth-order valence-electron chi connectivity index (χ4n) is 1.47. The number of hydrogen-bond acceptors (Lipinski definition) is 1. The molecule has 0 spiro atoms.